The van der Waals surface area contributed by atoms with E-state index in [-0.39, 0.29) is 0 Å². The number of carbonyl (C=O) groups excluding carboxylic acids is 2. The maximum atomic E-state index is 12.8. The average molecular weight is 358 g/mol. The second-order valence-electron chi connectivity index (χ2n) is 7.53. The lowest BCUT2D eigenvalue weighted by Crippen LogP contribution is -2.40. The van der Waals surface area contributed by atoms with Crippen molar-refractivity contribution in [3.05, 3.63) is 0 Å². The molecule has 0 aromatic heterocycles. The summed E-state index contributed by atoms with van der Waals surface area (Å²) in [6.45, 7) is 9.08. The van der Waals surface area contributed by atoms with Crippen LogP contribution in [0.5, 0.6) is 0 Å². The van der Waals surface area contributed by atoms with Gasteiger partial charge in [-0.3, -0.25) is 9.59 Å². The van der Waals surface area contributed by atoms with E-state index in [9.17, 15) is 27.2 Å². The van der Waals surface area contributed by atoms with Crippen LogP contribution >= 0.6 is 0 Å². The molecule has 0 aromatic rings. The van der Waals surface area contributed by atoms with Gasteiger partial charge in [-0.25, -0.2) is 17.6 Å². The van der Waals surface area contributed by atoms with Crippen LogP contribution in [-0.2, 0) is 19.1 Å². The largest absolute Gasteiger partial charge is 0.460 e. The van der Waals surface area contributed by atoms with Gasteiger partial charge in [0.05, 0.1) is 11.8 Å². The molecule has 0 aliphatic heterocycles. The van der Waals surface area contributed by atoms with E-state index in [0.29, 0.717) is 0 Å². The Morgan fingerprint density at radius 3 is 1.12 bits per heavy atom. The first-order valence-corrected chi connectivity index (χ1v) is 7.64. The second kappa shape index (κ2) is 8.67. The third-order valence-corrected chi connectivity index (χ3v) is 2.77. The van der Waals surface area contributed by atoms with Gasteiger partial charge >= 0.3 is 11.9 Å². The second-order valence-corrected chi connectivity index (χ2v) is 7.53. The van der Waals surface area contributed by atoms with Crippen LogP contribution < -0.4 is 0 Å². The fraction of sp³-hybridized carbons (Fsp3) is 0.875. The molecule has 0 radical (unpaired) electrons. The van der Waals surface area contributed by atoms with Crippen LogP contribution in [0, 0.1) is 11.8 Å². The van der Waals surface area contributed by atoms with Crippen molar-refractivity contribution in [2.75, 3.05) is 0 Å². The van der Waals surface area contributed by atoms with Crippen molar-refractivity contribution in [3.63, 3.8) is 0 Å². The summed E-state index contributed by atoms with van der Waals surface area (Å²) in [7, 11) is 0. The molecule has 0 heterocycles. The standard InChI is InChI=1S/C16H26F4O4/c1-15(2,3)23-13(21)9(7-11(17)18)10(8-12(19)20)14(22)24-16(4,5)6/h9-12H,7-8H2,1-6H3. The zero-order chi connectivity index (χ0) is 19.3. The molecular weight excluding hydrogens is 332 g/mol. The van der Waals surface area contributed by atoms with Crippen LogP contribution in [0.25, 0.3) is 0 Å². The van der Waals surface area contributed by atoms with Gasteiger partial charge in [0.15, 0.2) is 0 Å². The molecule has 4 nitrogen and oxygen atoms in total. The quantitative estimate of drug-likeness (QED) is 0.505. The van der Waals surface area contributed by atoms with Gasteiger partial charge in [-0.2, -0.15) is 0 Å². The zero-order valence-corrected chi connectivity index (χ0v) is 14.9. The van der Waals surface area contributed by atoms with Gasteiger partial charge in [0.2, 0.25) is 12.9 Å². The highest BCUT2D eigenvalue weighted by Crippen LogP contribution is 2.30. The molecular formula is C16H26F4O4. The van der Waals surface area contributed by atoms with Crippen LogP contribution in [0.15, 0.2) is 0 Å². The Morgan fingerprint density at radius 2 is 0.958 bits per heavy atom. The highest BCUT2D eigenvalue weighted by Gasteiger charge is 2.41. The smallest absolute Gasteiger partial charge is 0.310 e. The predicted molar refractivity (Wildman–Crippen MR) is 79.9 cm³/mol. The summed E-state index contributed by atoms with van der Waals surface area (Å²) in [5, 5.41) is 0. The number of hydrogen-bond acceptors (Lipinski definition) is 4. The van der Waals surface area contributed by atoms with Gasteiger partial charge in [0.25, 0.3) is 0 Å². The van der Waals surface area contributed by atoms with E-state index in [0.717, 1.165) is 0 Å². The minimum absolute atomic E-state index is 0.999. The predicted octanol–water partition coefficient (Wildman–Crippen LogP) is 4.21. The number of carbonyl (C=O) groups is 2. The number of rotatable bonds is 7. The lowest BCUT2D eigenvalue weighted by Gasteiger charge is -2.30. The third kappa shape index (κ3) is 9.72. The molecule has 0 spiro atoms. The van der Waals surface area contributed by atoms with E-state index < -0.39 is 60.7 Å². The normalized spacial score (nSPS) is 15.3. The Kier molecular flexibility index (Phi) is 8.18. The Hall–Kier alpha value is -1.34. The molecule has 24 heavy (non-hydrogen) atoms. The van der Waals surface area contributed by atoms with Crippen LogP contribution in [0.4, 0.5) is 17.6 Å². The zero-order valence-electron chi connectivity index (χ0n) is 14.9. The van der Waals surface area contributed by atoms with Gasteiger partial charge in [-0.15, -0.1) is 0 Å². The van der Waals surface area contributed by atoms with Gasteiger partial charge in [0, 0.05) is 12.8 Å². The molecule has 0 fully saturated rings. The van der Waals surface area contributed by atoms with E-state index >= 15 is 0 Å². The molecule has 0 aliphatic rings. The highest BCUT2D eigenvalue weighted by atomic mass is 19.3. The lowest BCUT2D eigenvalue weighted by molar-refractivity contribution is -0.176. The minimum Gasteiger partial charge on any atom is -0.460 e. The molecule has 0 amide bonds. The summed E-state index contributed by atoms with van der Waals surface area (Å²) in [5.74, 6) is -5.63. The van der Waals surface area contributed by atoms with Crippen molar-refractivity contribution < 1.29 is 36.6 Å². The summed E-state index contributed by atoms with van der Waals surface area (Å²) in [5.41, 5.74) is -2.00. The van der Waals surface area contributed by atoms with Crippen molar-refractivity contribution in [2.45, 2.75) is 78.4 Å². The molecule has 0 aromatic carbocycles. The minimum atomic E-state index is -2.95. The molecule has 0 N–H and O–H groups in total. The molecule has 0 saturated carbocycles. The fourth-order valence-corrected chi connectivity index (χ4v) is 1.99. The molecule has 142 valence electrons. The summed E-state index contributed by atoms with van der Waals surface area (Å²) >= 11 is 0. The van der Waals surface area contributed by atoms with E-state index in [1.165, 1.54) is 41.5 Å². The van der Waals surface area contributed by atoms with Crippen LogP contribution in [-0.4, -0.2) is 36.0 Å². The van der Waals surface area contributed by atoms with Gasteiger partial charge < -0.3 is 9.47 Å². The Bertz CT molecular complexity index is 385. The van der Waals surface area contributed by atoms with Gasteiger partial charge in [0.1, 0.15) is 11.2 Å². The van der Waals surface area contributed by atoms with Gasteiger partial charge in [-0.1, -0.05) is 0 Å². The number of esters is 2. The van der Waals surface area contributed by atoms with Crippen LogP contribution in [0.3, 0.4) is 0 Å². The molecule has 0 bridgehead atoms. The van der Waals surface area contributed by atoms with Crippen molar-refractivity contribution in [1.29, 1.82) is 0 Å². The van der Waals surface area contributed by atoms with E-state index in [1.807, 2.05) is 0 Å². The van der Waals surface area contributed by atoms with Crippen molar-refractivity contribution in [2.24, 2.45) is 11.8 Å². The van der Waals surface area contributed by atoms with Gasteiger partial charge in [-0.05, 0) is 41.5 Å². The lowest BCUT2D eigenvalue weighted by atomic mass is 9.86. The first-order chi connectivity index (χ1) is 10.6. The molecule has 0 aliphatic carbocycles. The molecule has 0 saturated heterocycles. The average Bonchev–Trinajstić information content (AvgIpc) is 2.28. The Balaban J connectivity index is 5.55. The Morgan fingerprint density at radius 1 is 0.708 bits per heavy atom. The topological polar surface area (TPSA) is 52.6 Å². The van der Waals surface area contributed by atoms with E-state index in [4.69, 9.17) is 9.47 Å². The summed E-state index contributed by atoms with van der Waals surface area (Å²) in [6, 6.07) is 0. The first-order valence-electron chi connectivity index (χ1n) is 7.64. The van der Waals surface area contributed by atoms with Crippen LogP contribution in [0.1, 0.15) is 54.4 Å². The summed E-state index contributed by atoms with van der Waals surface area (Å²) in [4.78, 5) is 24.4. The fourth-order valence-electron chi connectivity index (χ4n) is 1.99. The number of hydrogen-bond donors (Lipinski definition) is 0. The maximum Gasteiger partial charge on any atom is 0.310 e. The molecule has 2 atom stereocenters. The number of alkyl halides is 4. The SMILES string of the molecule is CC(C)(C)OC(=O)C(CC(F)F)C(CC(F)F)C(=O)OC(C)(C)C. The maximum absolute atomic E-state index is 12.8. The molecule has 8 heteroatoms. The van der Waals surface area contributed by atoms with E-state index in [2.05, 4.69) is 0 Å². The first kappa shape index (κ1) is 22.7. The number of ether oxygens (including phenoxy) is 2. The van der Waals surface area contributed by atoms with Crippen LogP contribution in [0.2, 0.25) is 0 Å². The monoisotopic (exact) mass is 358 g/mol. The highest BCUT2D eigenvalue weighted by molar-refractivity contribution is 5.82. The molecule has 2 unspecified atom stereocenters. The van der Waals surface area contributed by atoms with Crippen molar-refractivity contribution in [3.8, 4) is 0 Å². The summed E-state index contributed by atoms with van der Waals surface area (Å²) < 4.78 is 61.4. The Labute approximate surface area is 139 Å². The number of halogens is 4. The van der Waals surface area contributed by atoms with Crippen molar-refractivity contribution >= 4 is 11.9 Å². The summed E-state index contributed by atoms with van der Waals surface area (Å²) in [6.07, 6.45) is -8.01. The molecule has 0 rings (SSSR count). The third-order valence-electron chi connectivity index (χ3n) is 2.77. The van der Waals surface area contributed by atoms with Crippen molar-refractivity contribution in [1.82, 2.24) is 0 Å². The van der Waals surface area contributed by atoms with E-state index in [1.54, 1.807) is 0 Å².